The molecule has 0 radical (unpaired) electrons. The van der Waals surface area contributed by atoms with E-state index in [2.05, 4.69) is 27.7 Å². The Bertz CT molecular complexity index is 748. The first-order valence-corrected chi connectivity index (χ1v) is 11.2. The number of likely N-dealkylation sites (tertiary alicyclic amines) is 1. The van der Waals surface area contributed by atoms with Gasteiger partial charge in [-0.05, 0) is 74.5 Å². The molecule has 0 saturated carbocycles. The highest BCUT2D eigenvalue weighted by Crippen LogP contribution is 2.28. The van der Waals surface area contributed by atoms with Crippen molar-refractivity contribution in [3.05, 3.63) is 50.7 Å². The van der Waals surface area contributed by atoms with Crippen LogP contribution < -0.4 is 10.1 Å². The Kier molecular flexibility index (Phi) is 7.77. The zero-order valence-corrected chi connectivity index (χ0v) is 18.2. The number of nitrogens with zero attached hydrogens (tertiary/aromatic N) is 1. The predicted octanol–water partition coefficient (Wildman–Crippen LogP) is 5.13. The summed E-state index contributed by atoms with van der Waals surface area (Å²) in [6.45, 7) is 6.69. The summed E-state index contributed by atoms with van der Waals surface area (Å²) < 4.78 is 5.69. The number of ether oxygens (including phenoxy) is 1. The lowest BCUT2D eigenvalue weighted by molar-refractivity contribution is -0.123. The van der Waals surface area contributed by atoms with Gasteiger partial charge in [0, 0.05) is 16.4 Å². The second-order valence-corrected chi connectivity index (χ2v) is 8.80. The minimum atomic E-state index is -0.0957. The number of halogens is 1. The van der Waals surface area contributed by atoms with E-state index in [1.165, 1.54) is 30.6 Å². The quantitative estimate of drug-likeness (QED) is 0.675. The van der Waals surface area contributed by atoms with Crippen LogP contribution in [0, 0.1) is 13.8 Å². The molecule has 1 amide bonds. The van der Waals surface area contributed by atoms with Gasteiger partial charge in [-0.3, -0.25) is 9.69 Å². The fraction of sp³-hybridized carbons (Fsp3) is 0.500. The van der Waals surface area contributed by atoms with Gasteiger partial charge in [-0.25, -0.2) is 0 Å². The van der Waals surface area contributed by atoms with E-state index in [0.29, 0.717) is 12.3 Å². The van der Waals surface area contributed by atoms with Crippen molar-refractivity contribution < 1.29 is 9.53 Å². The van der Waals surface area contributed by atoms with Crippen LogP contribution in [-0.2, 0) is 4.79 Å². The number of benzene rings is 1. The number of carbonyl (C=O) groups excluding carboxylic acids is 1. The summed E-state index contributed by atoms with van der Waals surface area (Å²) in [5.41, 5.74) is 1.91. The van der Waals surface area contributed by atoms with Crippen LogP contribution in [0.15, 0.2) is 29.6 Å². The number of thiophene rings is 1. The van der Waals surface area contributed by atoms with Gasteiger partial charge in [0.25, 0.3) is 5.91 Å². The highest BCUT2D eigenvalue weighted by atomic mass is 35.5. The Morgan fingerprint density at radius 2 is 1.89 bits per heavy atom. The molecule has 0 bridgehead atoms. The van der Waals surface area contributed by atoms with Crippen molar-refractivity contribution >= 4 is 28.8 Å². The molecule has 1 aromatic heterocycles. The van der Waals surface area contributed by atoms with Crippen LogP contribution in [0.1, 0.15) is 47.7 Å². The number of carbonyl (C=O) groups is 1. The molecule has 2 heterocycles. The molecular formula is C22H29ClN2O2S. The van der Waals surface area contributed by atoms with Crippen LogP contribution >= 0.6 is 22.9 Å². The van der Waals surface area contributed by atoms with Crippen molar-refractivity contribution in [1.29, 1.82) is 0 Å². The van der Waals surface area contributed by atoms with Crippen molar-refractivity contribution in [3.8, 4) is 5.75 Å². The van der Waals surface area contributed by atoms with Crippen LogP contribution in [0.3, 0.4) is 0 Å². The molecule has 1 atom stereocenters. The number of hydrogen-bond acceptors (Lipinski definition) is 4. The Hall–Kier alpha value is -1.56. The van der Waals surface area contributed by atoms with Crippen LogP contribution in [0.25, 0.3) is 0 Å². The van der Waals surface area contributed by atoms with Crippen molar-refractivity contribution in [1.82, 2.24) is 10.2 Å². The van der Waals surface area contributed by atoms with Gasteiger partial charge < -0.3 is 10.1 Å². The van der Waals surface area contributed by atoms with Gasteiger partial charge >= 0.3 is 0 Å². The van der Waals surface area contributed by atoms with Gasteiger partial charge in [-0.15, -0.1) is 11.3 Å². The van der Waals surface area contributed by atoms with Gasteiger partial charge in [-0.1, -0.05) is 30.5 Å². The van der Waals surface area contributed by atoms with E-state index >= 15 is 0 Å². The first-order chi connectivity index (χ1) is 13.5. The van der Waals surface area contributed by atoms with Crippen molar-refractivity contribution in [2.24, 2.45) is 0 Å². The van der Waals surface area contributed by atoms with Crippen LogP contribution in [-0.4, -0.2) is 37.0 Å². The fourth-order valence-corrected chi connectivity index (χ4v) is 4.67. The third kappa shape index (κ3) is 5.72. The number of rotatable bonds is 7. The molecule has 1 aliphatic heterocycles. The molecule has 152 valence electrons. The smallest absolute Gasteiger partial charge is 0.258 e. The summed E-state index contributed by atoms with van der Waals surface area (Å²) in [6, 6.07) is 8.23. The molecule has 1 unspecified atom stereocenters. The molecule has 0 aliphatic carbocycles. The first kappa shape index (κ1) is 21.2. The van der Waals surface area contributed by atoms with Gasteiger partial charge in [0.15, 0.2) is 6.61 Å². The van der Waals surface area contributed by atoms with E-state index in [4.69, 9.17) is 16.3 Å². The summed E-state index contributed by atoms with van der Waals surface area (Å²) in [7, 11) is 0. The van der Waals surface area contributed by atoms with E-state index in [-0.39, 0.29) is 18.6 Å². The fourth-order valence-electron chi connectivity index (χ4n) is 3.70. The number of amides is 1. The number of hydrogen-bond donors (Lipinski definition) is 1. The zero-order chi connectivity index (χ0) is 19.9. The summed E-state index contributed by atoms with van der Waals surface area (Å²) in [4.78, 5) is 16.2. The molecule has 1 saturated heterocycles. The molecule has 1 N–H and O–H groups in total. The zero-order valence-electron chi connectivity index (χ0n) is 16.7. The maximum Gasteiger partial charge on any atom is 0.258 e. The molecule has 0 spiro atoms. The summed E-state index contributed by atoms with van der Waals surface area (Å²) in [5, 5.41) is 5.93. The van der Waals surface area contributed by atoms with E-state index in [1.54, 1.807) is 11.3 Å². The maximum absolute atomic E-state index is 12.4. The summed E-state index contributed by atoms with van der Waals surface area (Å²) >= 11 is 7.95. The second-order valence-electron chi connectivity index (χ2n) is 7.45. The first-order valence-electron chi connectivity index (χ1n) is 9.98. The second kappa shape index (κ2) is 10.3. The summed E-state index contributed by atoms with van der Waals surface area (Å²) in [6.07, 6.45) is 5.06. The average Bonchev–Trinajstić information content (AvgIpc) is 3.07. The van der Waals surface area contributed by atoms with Crippen LogP contribution in [0.4, 0.5) is 0 Å². The third-order valence-electron chi connectivity index (χ3n) is 5.23. The normalized spacial score (nSPS) is 16.4. The van der Waals surface area contributed by atoms with E-state index in [1.807, 2.05) is 26.0 Å². The number of aryl methyl sites for hydroxylation is 2. The van der Waals surface area contributed by atoms with Crippen LogP contribution in [0.2, 0.25) is 5.02 Å². The van der Waals surface area contributed by atoms with Gasteiger partial charge in [0.1, 0.15) is 5.75 Å². The van der Waals surface area contributed by atoms with Crippen molar-refractivity contribution in [2.75, 3.05) is 26.2 Å². The lowest BCUT2D eigenvalue weighted by atomic mass is 10.1. The van der Waals surface area contributed by atoms with E-state index in [9.17, 15) is 4.79 Å². The minimum absolute atomic E-state index is 0.0116. The molecule has 6 heteroatoms. The lowest BCUT2D eigenvalue weighted by Crippen LogP contribution is -2.39. The minimum Gasteiger partial charge on any atom is -0.484 e. The predicted molar refractivity (Wildman–Crippen MR) is 117 cm³/mol. The maximum atomic E-state index is 12.4. The Balaban J connectivity index is 1.56. The molecule has 3 rings (SSSR count). The summed E-state index contributed by atoms with van der Waals surface area (Å²) in [5.74, 6) is 0.582. The molecule has 1 fully saturated rings. The molecule has 2 aromatic rings. The molecule has 1 aromatic carbocycles. The van der Waals surface area contributed by atoms with Crippen molar-refractivity contribution in [2.45, 2.75) is 45.6 Å². The largest absolute Gasteiger partial charge is 0.484 e. The van der Waals surface area contributed by atoms with E-state index < -0.39 is 0 Å². The molecule has 1 aliphatic rings. The molecule has 4 nitrogen and oxygen atoms in total. The Morgan fingerprint density at radius 1 is 1.21 bits per heavy atom. The van der Waals surface area contributed by atoms with E-state index in [0.717, 1.165) is 29.2 Å². The van der Waals surface area contributed by atoms with Gasteiger partial charge in [0.2, 0.25) is 0 Å². The monoisotopic (exact) mass is 420 g/mol. The highest BCUT2D eigenvalue weighted by Gasteiger charge is 2.23. The molecule has 28 heavy (non-hydrogen) atoms. The lowest BCUT2D eigenvalue weighted by Gasteiger charge is -2.30. The topological polar surface area (TPSA) is 41.6 Å². The Labute approximate surface area is 176 Å². The van der Waals surface area contributed by atoms with Crippen molar-refractivity contribution in [3.63, 3.8) is 0 Å². The van der Waals surface area contributed by atoms with Gasteiger partial charge in [0.05, 0.1) is 6.04 Å². The number of nitrogens with one attached hydrogen (secondary N) is 1. The average molecular weight is 421 g/mol. The SMILES string of the molecule is Cc1cc(OCC(=O)NCC(c2cccs2)N2CCCCCC2)cc(C)c1Cl. The standard InChI is InChI=1S/C22H29ClN2O2S/c1-16-12-18(13-17(2)22(16)23)27-15-21(26)24-14-19(20-8-7-11-28-20)25-9-5-3-4-6-10-25/h7-8,11-13,19H,3-6,9-10,14-15H2,1-2H3,(H,24,26). The third-order valence-corrected chi connectivity index (χ3v) is 6.80. The van der Waals surface area contributed by atoms with Gasteiger partial charge in [-0.2, -0.15) is 0 Å². The van der Waals surface area contributed by atoms with Crippen LogP contribution in [0.5, 0.6) is 5.75 Å². The Morgan fingerprint density at radius 3 is 2.50 bits per heavy atom. The highest BCUT2D eigenvalue weighted by molar-refractivity contribution is 7.10. The molecular weight excluding hydrogens is 392 g/mol.